The Balaban J connectivity index is 1.26. The van der Waals surface area contributed by atoms with E-state index in [2.05, 4.69) is 30.6 Å². The predicted molar refractivity (Wildman–Crippen MR) is 119 cm³/mol. The molecule has 0 aliphatic rings. The quantitative estimate of drug-likeness (QED) is 0.354. The molecule has 2 heterocycles. The second-order valence-corrected chi connectivity index (χ2v) is 8.23. The van der Waals surface area contributed by atoms with Crippen molar-refractivity contribution in [3.63, 3.8) is 0 Å². The van der Waals surface area contributed by atoms with Gasteiger partial charge in [-0.2, -0.15) is 4.98 Å². The SMILES string of the molecule is Cc1ccc(NC(=O)CCc2nc(CSc3n[nH]c(-c4cccc(F)c4)n3)no2)cc1Cl. The second kappa shape index (κ2) is 9.92. The highest BCUT2D eigenvalue weighted by Gasteiger charge is 2.12. The van der Waals surface area contributed by atoms with Crippen LogP contribution in [0.25, 0.3) is 11.4 Å². The van der Waals surface area contributed by atoms with E-state index in [0.717, 1.165) is 5.56 Å². The number of hydrogen-bond donors (Lipinski definition) is 2. The van der Waals surface area contributed by atoms with E-state index in [1.807, 2.05) is 13.0 Å². The molecule has 2 aromatic carbocycles. The topological polar surface area (TPSA) is 110 Å². The van der Waals surface area contributed by atoms with Gasteiger partial charge >= 0.3 is 0 Å². The second-order valence-electron chi connectivity index (χ2n) is 6.88. The number of nitrogens with one attached hydrogen (secondary N) is 2. The van der Waals surface area contributed by atoms with Crippen LogP contribution in [0.3, 0.4) is 0 Å². The van der Waals surface area contributed by atoms with Gasteiger partial charge in [0.1, 0.15) is 5.82 Å². The lowest BCUT2D eigenvalue weighted by molar-refractivity contribution is -0.116. The molecule has 0 aliphatic heterocycles. The fourth-order valence-corrected chi connectivity index (χ4v) is 3.59. The third kappa shape index (κ3) is 5.71. The van der Waals surface area contributed by atoms with Gasteiger partial charge in [0.25, 0.3) is 0 Å². The van der Waals surface area contributed by atoms with Crippen LogP contribution in [-0.4, -0.2) is 31.2 Å². The van der Waals surface area contributed by atoms with E-state index in [-0.39, 0.29) is 18.1 Å². The zero-order valence-corrected chi connectivity index (χ0v) is 18.5. The van der Waals surface area contributed by atoms with Gasteiger partial charge in [-0.1, -0.05) is 46.7 Å². The lowest BCUT2D eigenvalue weighted by atomic mass is 10.2. The maximum absolute atomic E-state index is 13.4. The number of carbonyl (C=O) groups is 1. The first-order valence-electron chi connectivity index (χ1n) is 9.65. The predicted octanol–water partition coefficient (Wildman–Crippen LogP) is 4.82. The molecule has 0 radical (unpaired) electrons. The van der Waals surface area contributed by atoms with Gasteiger partial charge in [0.15, 0.2) is 11.6 Å². The molecule has 11 heteroatoms. The monoisotopic (exact) mass is 472 g/mol. The number of amides is 1. The summed E-state index contributed by atoms with van der Waals surface area (Å²) in [4.78, 5) is 20.8. The Morgan fingerprint density at radius 3 is 2.94 bits per heavy atom. The van der Waals surface area contributed by atoms with E-state index in [1.165, 1.54) is 23.9 Å². The van der Waals surface area contributed by atoms with Crippen molar-refractivity contribution in [2.75, 3.05) is 5.32 Å². The molecule has 1 amide bonds. The molecule has 0 aliphatic carbocycles. The van der Waals surface area contributed by atoms with Crippen LogP contribution in [0.1, 0.15) is 23.7 Å². The van der Waals surface area contributed by atoms with E-state index < -0.39 is 0 Å². The first-order chi connectivity index (χ1) is 15.5. The van der Waals surface area contributed by atoms with Crippen LogP contribution in [0.4, 0.5) is 10.1 Å². The number of aryl methyl sites for hydroxylation is 2. The van der Waals surface area contributed by atoms with Crippen LogP contribution >= 0.6 is 23.4 Å². The highest BCUT2D eigenvalue weighted by Crippen LogP contribution is 2.22. The molecule has 0 spiro atoms. The van der Waals surface area contributed by atoms with Crippen LogP contribution in [0.15, 0.2) is 52.1 Å². The minimum atomic E-state index is -0.344. The lowest BCUT2D eigenvalue weighted by Gasteiger charge is -2.06. The van der Waals surface area contributed by atoms with Gasteiger partial charge in [-0.15, -0.1) is 5.10 Å². The van der Waals surface area contributed by atoms with Crippen molar-refractivity contribution in [3.8, 4) is 11.4 Å². The zero-order valence-electron chi connectivity index (χ0n) is 16.9. The Morgan fingerprint density at radius 1 is 1.25 bits per heavy atom. The average molecular weight is 473 g/mol. The van der Waals surface area contributed by atoms with Gasteiger partial charge in [-0.25, -0.2) is 9.37 Å². The number of aromatic nitrogens is 5. The van der Waals surface area contributed by atoms with Gasteiger partial charge in [0.05, 0.1) is 5.75 Å². The Hall–Kier alpha value is -3.24. The van der Waals surface area contributed by atoms with Crippen molar-refractivity contribution in [2.24, 2.45) is 0 Å². The summed E-state index contributed by atoms with van der Waals surface area (Å²) in [7, 11) is 0. The zero-order chi connectivity index (χ0) is 22.5. The third-order valence-corrected chi connectivity index (χ3v) is 5.68. The summed E-state index contributed by atoms with van der Waals surface area (Å²) in [5.74, 6) is 1.17. The van der Waals surface area contributed by atoms with E-state index >= 15 is 0 Å². The molecule has 4 rings (SSSR count). The maximum Gasteiger partial charge on any atom is 0.227 e. The normalized spacial score (nSPS) is 11.0. The summed E-state index contributed by atoms with van der Waals surface area (Å²) in [6.45, 7) is 1.89. The maximum atomic E-state index is 13.4. The van der Waals surface area contributed by atoms with Crippen molar-refractivity contribution in [2.45, 2.75) is 30.7 Å². The molecule has 0 saturated carbocycles. The van der Waals surface area contributed by atoms with E-state index in [4.69, 9.17) is 16.1 Å². The molecule has 4 aromatic rings. The Bertz CT molecular complexity index is 1240. The molecule has 0 saturated heterocycles. The summed E-state index contributed by atoms with van der Waals surface area (Å²) in [5, 5.41) is 14.7. The standard InChI is InChI=1S/C21H18ClFN6O2S/c1-12-5-6-15(10-16(12)22)24-18(30)7-8-19-25-17(29-31-19)11-32-21-26-20(27-28-21)13-3-2-4-14(23)9-13/h2-6,9-10H,7-8,11H2,1H3,(H,24,30)(H,26,27,28). The van der Waals surface area contributed by atoms with Crippen LogP contribution < -0.4 is 5.32 Å². The number of halogens is 2. The fourth-order valence-electron chi connectivity index (χ4n) is 2.77. The number of benzene rings is 2. The smallest absolute Gasteiger partial charge is 0.227 e. The third-order valence-electron chi connectivity index (χ3n) is 4.42. The lowest BCUT2D eigenvalue weighted by Crippen LogP contribution is -2.12. The van der Waals surface area contributed by atoms with Gasteiger partial charge in [0, 0.05) is 29.1 Å². The summed E-state index contributed by atoms with van der Waals surface area (Å²) in [6, 6.07) is 11.4. The molecule has 2 N–H and O–H groups in total. The number of carbonyl (C=O) groups excluding carboxylic acids is 1. The van der Waals surface area contributed by atoms with Crippen molar-refractivity contribution < 1.29 is 13.7 Å². The van der Waals surface area contributed by atoms with Crippen molar-refractivity contribution in [3.05, 3.63) is 70.6 Å². The molecule has 32 heavy (non-hydrogen) atoms. The van der Waals surface area contributed by atoms with Crippen molar-refractivity contribution in [1.29, 1.82) is 0 Å². The van der Waals surface area contributed by atoms with Gasteiger partial charge in [-0.3, -0.25) is 9.89 Å². The highest BCUT2D eigenvalue weighted by atomic mass is 35.5. The number of H-pyrrole nitrogens is 1. The van der Waals surface area contributed by atoms with Gasteiger partial charge in [0.2, 0.25) is 17.0 Å². The van der Waals surface area contributed by atoms with E-state index in [1.54, 1.807) is 24.3 Å². The Labute approximate surface area is 192 Å². The minimum Gasteiger partial charge on any atom is -0.339 e. The molecule has 0 atom stereocenters. The molecule has 164 valence electrons. The largest absolute Gasteiger partial charge is 0.339 e. The van der Waals surface area contributed by atoms with Crippen LogP contribution in [0.5, 0.6) is 0 Å². The number of rotatable bonds is 8. The first-order valence-corrected chi connectivity index (χ1v) is 11.0. The number of aromatic amines is 1. The van der Waals surface area contributed by atoms with Crippen LogP contribution in [0.2, 0.25) is 5.02 Å². The molecular formula is C21H18ClFN6O2S. The summed E-state index contributed by atoms with van der Waals surface area (Å²) >= 11 is 7.38. The Morgan fingerprint density at radius 2 is 2.12 bits per heavy atom. The average Bonchev–Trinajstić information content (AvgIpc) is 3.43. The van der Waals surface area contributed by atoms with Gasteiger partial charge in [-0.05, 0) is 36.8 Å². The highest BCUT2D eigenvalue weighted by molar-refractivity contribution is 7.98. The molecule has 0 fully saturated rings. The number of thioether (sulfide) groups is 1. The Kier molecular flexibility index (Phi) is 6.81. The van der Waals surface area contributed by atoms with E-state index in [0.29, 0.717) is 51.1 Å². The number of hydrogen-bond acceptors (Lipinski definition) is 7. The molecular weight excluding hydrogens is 455 g/mol. The summed E-state index contributed by atoms with van der Waals surface area (Å²) in [5.41, 5.74) is 2.19. The summed E-state index contributed by atoms with van der Waals surface area (Å²) < 4.78 is 18.6. The first kappa shape index (κ1) is 22.0. The van der Waals surface area contributed by atoms with Crippen LogP contribution in [-0.2, 0) is 17.0 Å². The van der Waals surface area contributed by atoms with Crippen molar-refractivity contribution >= 4 is 35.0 Å². The molecule has 8 nitrogen and oxygen atoms in total. The molecule has 2 aromatic heterocycles. The molecule has 0 bridgehead atoms. The number of nitrogens with zero attached hydrogens (tertiary/aromatic N) is 4. The van der Waals surface area contributed by atoms with Crippen molar-refractivity contribution in [1.82, 2.24) is 25.3 Å². The van der Waals surface area contributed by atoms with E-state index in [9.17, 15) is 9.18 Å². The molecule has 0 unspecified atom stereocenters. The number of anilines is 1. The fraction of sp³-hybridized carbons (Fsp3) is 0.190. The minimum absolute atomic E-state index is 0.176. The summed E-state index contributed by atoms with van der Waals surface area (Å²) in [6.07, 6.45) is 0.506. The van der Waals surface area contributed by atoms with Gasteiger partial charge < -0.3 is 9.84 Å². The van der Waals surface area contributed by atoms with Crippen LogP contribution in [0, 0.1) is 12.7 Å².